The van der Waals surface area contributed by atoms with E-state index < -0.39 is 0 Å². The van der Waals surface area contributed by atoms with Crippen LogP contribution in [0.3, 0.4) is 0 Å². The van der Waals surface area contributed by atoms with Crippen molar-refractivity contribution >= 4 is 23.1 Å². The lowest BCUT2D eigenvalue weighted by molar-refractivity contribution is 0.0535. The van der Waals surface area contributed by atoms with E-state index in [1.54, 1.807) is 13.3 Å². The number of rotatable bonds is 9. The number of carbonyl (C=O) groups is 2. The molecule has 1 fully saturated rings. The number of piperazine rings is 1. The molecule has 0 N–H and O–H groups in total. The van der Waals surface area contributed by atoms with Crippen molar-refractivity contribution in [1.29, 1.82) is 0 Å². The average Bonchev–Trinajstić information content (AvgIpc) is 3.50. The third-order valence-electron chi connectivity index (χ3n) is 9.56. The highest BCUT2D eigenvalue weighted by Gasteiger charge is 2.34. The highest BCUT2D eigenvalue weighted by molar-refractivity contribution is 6.02. The van der Waals surface area contributed by atoms with E-state index in [-0.39, 0.29) is 11.9 Å². The van der Waals surface area contributed by atoms with E-state index in [4.69, 9.17) is 9.47 Å². The summed E-state index contributed by atoms with van der Waals surface area (Å²) in [5.41, 5.74) is 6.00. The number of hydrogen-bond acceptors (Lipinski definition) is 6. The molecule has 47 heavy (non-hydrogen) atoms. The monoisotopic (exact) mass is 628 g/mol. The van der Waals surface area contributed by atoms with E-state index >= 15 is 4.79 Å². The van der Waals surface area contributed by atoms with Crippen molar-refractivity contribution < 1.29 is 19.1 Å². The minimum absolute atomic E-state index is 0.00334. The van der Waals surface area contributed by atoms with Crippen LogP contribution in [0.5, 0.6) is 11.5 Å². The number of aldehydes is 1. The Morgan fingerprint density at radius 2 is 1.60 bits per heavy atom. The molecule has 0 bridgehead atoms. The van der Waals surface area contributed by atoms with Crippen molar-refractivity contribution in [2.45, 2.75) is 25.6 Å². The Morgan fingerprint density at radius 1 is 0.872 bits per heavy atom. The normalized spacial score (nSPS) is 17.0. The second kappa shape index (κ2) is 13.4. The Hall–Kier alpha value is -4.92. The van der Waals surface area contributed by atoms with Gasteiger partial charge in [0.1, 0.15) is 6.61 Å². The summed E-state index contributed by atoms with van der Waals surface area (Å²) in [5.74, 6) is 0.922. The van der Waals surface area contributed by atoms with Crippen molar-refractivity contribution in [3.05, 3.63) is 125 Å². The first-order chi connectivity index (χ1) is 23.0. The molecule has 0 aliphatic carbocycles. The standard InChI is InChI=1S/C39H40N4O4/c1-40-16-18-41(19-17-40)25-32-20-29-12-6-7-13-30(29)23-42(32)39(45)34-21-38(47-27-28-10-4-3-5-11-28)37(46-2)22-36(34)43-24-31(26-44)33-14-8-9-15-35(33)43/h3-15,21-22,24,26,32H,16-20,23,25,27H2,1-2H3/t32-/m0/s1. The third kappa shape index (κ3) is 6.26. The maximum Gasteiger partial charge on any atom is 0.256 e. The summed E-state index contributed by atoms with van der Waals surface area (Å²) >= 11 is 0. The fourth-order valence-corrected chi connectivity index (χ4v) is 6.90. The SMILES string of the molecule is COc1cc(-n2cc(C=O)c3ccccc32)c(C(=O)N2Cc3ccccc3C[C@H]2CN2CCN(C)CC2)cc1OCc1ccccc1. The van der Waals surface area contributed by atoms with E-state index in [2.05, 4.69) is 35.0 Å². The lowest BCUT2D eigenvalue weighted by atomic mass is 9.92. The van der Waals surface area contributed by atoms with Gasteiger partial charge in [-0.15, -0.1) is 0 Å². The van der Waals surface area contributed by atoms with E-state index in [0.717, 1.165) is 61.9 Å². The van der Waals surface area contributed by atoms with Crippen LogP contribution in [0.2, 0.25) is 0 Å². The van der Waals surface area contributed by atoms with Crippen LogP contribution in [-0.4, -0.2) is 84.4 Å². The highest BCUT2D eigenvalue weighted by atomic mass is 16.5. The van der Waals surface area contributed by atoms with E-state index in [0.29, 0.717) is 41.5 Å². The summed E-state index contributed by atoms with van der Waals surface area (Å²) in [5, 5.41) is 0.823. The maximum absolute atomic E-state index is 15.1. The summed E-state index contributed by atoms with van der Waals surface area (Å²) < 4.78 is 14.1. The Morgan fingerprint density at radius 3 is 2.36 bits per heavy atom. The number of hydrogen-bond donors (Lipinski definition) is 0. The first-order valence-electron chi connectivity index (χ1n) is 16.3. The van der Waals surface area contributed by atoms with Gasteiger partial charge in [-0.2, -0.15) is 0 Å². The molecule has 2 aliphatic heterocycles. The number of aromatic nitrogens is 1. The van der Waals surface area contributed by atoms with Gasteiger partial charge in [-0.1, -0.05) is 72.8 Å². The van der Waals surface area contributed by atoms with Crippen molar-refractivity contribution in [2.24, 2.45) is 0 Å². The molecular formula is C39H40N4O4. The molecule has 0 unspecified atom stereocenters. The zero-order chi connectivity index (χ0) is 32.3. The summed E-state index contributed by atoms with van der Waals surface area (Å²) in [6.45, 7) is 5.64. The van der Waals surface area contributed by atoms with Crippen LogP contribution >= 0.6 is 0 Å². The second-order valence-corrected chi connectivity index (χ2v) is 12.5. The molecule has 1 atom stereocenters. The number of benzene rings is 4. The third-order valence-corrected chi connectivity index (χ3v) is 9.56. The smallest absolute Gasteiger partial charge is 0.256 e. The lowest BCUT2D eigenvalue weighted by Gasteiger charge is -2.41. The molecule has 1 saturated heterocycles. The first kappa shape index (κ1) is 30.7. The van der Waals surface area contributed by atoms with Crippen LogP contribution < -0.4 is 9.47 Å². The number of carbonyl (C=O) groups excluding carboxylic acids is 2. The second-order valence-electron chi connectivity index (χ2n) is 12.5. The van der Waals surface area contributed by atoms with Crippen LogP contribution in [-0.2, 0) is 19.6 Å². The van der Waals surface area contributed by atoms with Gasteiger partial charge in [0.15, 0.2) is 17.8 Å². The average molecular weight is 629 g/mol. The number of methoxy groups -OCH3 is 1. The Balaban J connectivity index is 1.33. The van der Waals surface area contributed by atoms with Crippen molar-refractivity contribution in [3.63, 3.8) is 0 Å². The topological polar surface area (TPSA) is 67.2 Å². The molecule has 240 valence electrons. The summed E-state index contributed by atoms with van der Waals surface area (Å²) in [6.07, 6.45) is 3.46. The molecule has 8 heteroatoms. The van der Waals surface area contributed by atoms with Crippen LogP contribution in [0.15, 0.2) is 97.2 Å². The van der Waals surface area contributed by atoms with E-state index in [1.807, 2.05) is 82.3 Å². The minimum Gasteiger partial charge on any atom is -0.493 e. The molecule has 0 spiro atoms. The Kier molecular flexibility index (Phi) is 8.78. The fourth-order valence-electron chi connectivity index (χ4n) is 6.90. The van der Waals surface area contributed by atoms with Gasteiger partial charge in [0.25, 0.3) is 5.91 Å². The maximum atomic E-state index is 15.1. The first-order valence-corrected chi connectivity index (χ1v) is 16.3. The number of para-hydroxylation sites is 1. The van der Waals surface area contributed by atoms with Gasteiger partial charge < -0.3 is 23.8 Å². The highest BCUT2D eigenvalue weighted by Crippen LogP contribution is 2.37. The predicted molar refractivity (Wildman–Crippen MR) is 184 cm³/mol. The van der Waals surface area contributed by atoms with Gasteiger partial charge >= 0.3 is 0 Å². The molecule has 2 aliphatic rings. The molecule has 8 nitrogen and oxygen atoms in total. The van der Waals surface area contributed by atoms with Gasteiger partial charge in [0.2, 0.25) is 0 Å². The molecule has 1 amide bonds. The molecule has 4 aromatic carbocycles. The molecule has 0 radical (unpaired) electrons. The van der Waals surface area contributed by atoms with Crippen molar-refractivity contribution in [2.75, 3.05) is 46.9 Å². The van der Waals surface area contributed by atoms with Gasteiger partial charge in [-0.05, 0) is 42.3 Å². The van der Waals surface area contributed by atoms with Crippen LogP contribution in [0.25, 0.3) is 16.6 Å². The van der Waals surface area contributed by atoms with Gasteiger partial charge in [-0.3, -0.25) is 14.5 Å². The molecular weight excluding hydrogens is 588 g/mol. The Labute approximate surface area is 275 Å². The number of ether oxygens (including phenoxy) is 2. The van der Waals surface area contributed by atoms with Gasteiger partial charge in [-0.25, -0.2) is 0 Å². The number of nitrogens with zero attached hydrogens (tertiary/aromatic N) is 4. The Bertz CT molecular complexity index is 1890. The molecule has 7 rings (SSSR count). The molecule has 5 aromatic rings. The zero-order valence-corrected chi connectivity index (χ0v) is 27.0. The van der Waals surface area contributed by atoms with E-state index in [1.165, 1.54) is 11.1 Å². The van der Waals surface area contributed by atoms with Crippen LogP contribution in [0.4, 0.5) is 0 Å². The van der Waals surface area contributed by atoms with Crippen LogP contribution in [0, 0.1) is 0 Å². The van der Waals surface area contributed by atoms with Gasteiger partial charge in [0, 0.05) is 68.5 Å². The lowest BCUT2D eigenvalue weighted by Crippen LogP contribution is -2.53. The number of amides is 1. The van der Waals surface area contributed by atoms with Gasteiger partial charge in [0.05, 0.1) is 23.9 Å². The fraction of sp³-hybridized carbons (Fsp3) is 0.282. The number of likely N-dealkylation sites (N-methyl/N-ethyl adjacent to an activating group) is 1. The van der Waals surface area contributed by atoms with Crippen molar-refractivity contribution in [1.82, 2.24) is 19.3 Å². The zero-order valence-electron chi connectivity index (χ0n) is 27.0. The van der Waals surface area contributed by atoms with Crippen LogP contribution in [0.1, 0.15) is 37.4 Å². The largest absolute Gasteiger partial charge is 0.493 e. The van der Waals surface area contributed by atoms with E-state index in [9.17, 15) is 4.79 Å². The van der Waals surface area contributed by atoms with Crippen molar-refractivity contribution in [3.8, 4) is 17.2 Å². The predicted octanol–water partition coefficient (Wildman–Crippen LogP) is 5.85. The minimum atomic E-state index is -0.0775. The summed E-state index contributed by atoms with van der Waals surface area (Å²) in [4.78, 5) is 34.1. The summed E-state index contributed by atoms with van der Waals surface area (Å²) in [7, 11) is 3.77. The summed E-state index contributed by atoms with van der Waals surface area (Å²) in [6, 6.07) is 29.8. The molecule has 3 heterocycles. The molecule has 1 aromatic heterocycles. The quantitative estimate of drug-likeness (QED) is 0.191. The molecule has 0 saturated carbocycles. The number of fused-ring (bicyclic) bond motifs is 2.